The van der Waals surface area contributed by atoms with E-state index in [1.807, 2.05) is 24.3 Å². The van der Waals surface area contributed by atoms with E-state index in [-0.39, 0.29) is 0 Å². The highest BCUT2D eigenvalue weighted by Gasteiger charge is 2.06. The first kappa shape index (κ1) is 11.8. The number of nitrogens with zero attached hydrogens (tertiary/aromatic N) is 2. The van der Waals surface area contributed by atoms with Crippen molar-refractivity contribution < 1.29 is 0 Å². The number of anilines is 1. The van der Waals surface area contributed by atoms with E-state index in [4.69, 9.17) is 5.73 Å². The third-order valence-corrected chi connectivity index (χ3v) is 2.81. The van der Waals surface area contributed by atoms with Gasteiger partial charge in [0.1, 0.15) is 5.82 Å². The highest BCUT2D eigenvalue weighted by atomic mass is 15.0. The minimum absolute atomic E-state index is 0.371. The molecular formula is C13H18N4. The van der Waals surface area contributed by atoms with Gasteiger partial charge in [0.15, 0.2) is 0 Å². The van der Waals surface area contributed by atoms with Crippen molar-refractivity contribution in [3.8, 4) is 0 Å². The lowest BCUT2D eigenvalue weighted by Gasteiger charge is -2.16. The van der Waals surface area contributed by atoms with Crippen molar-refractivity contribution in [1.29, 1.82) is 0 Å². The number of para-hydroxylation sites is 2. The molecule has 1 unspecified atom stereocenters. The molecule has 1 aromatic carbocycles. The number of fused-ring (bicyclic) bond motifs is 1. The van der Waals surface area contributed by atoms with Crippen molar-refractivity contribution in [2.24, 2.45) is 5.73 Å². The summed E-state index contributed by atoms with van der Waals surface area (Å²) >= 11 is 0. The highest BCUT2D eigenvalue weighted by molar-refractivity contribution is 5.75. The van der Waals surface area contributed by atoms with Gasteiger partial charge in [-0.2, -0.15) is 0 Å². The predicted octanol–water partition coefficient (Wildman–Crippen LogP) is 2.17. The van der Waals surface area contributed by atoms with Crippen LogP contribution in [0.4, 0.5) is 5.82 Å². The van der Waals surface area contributed by atoms with Gasteiger partial charge in [-0.25, -0.2) is 4.98 Å². The van der Waals surface area contributed by atoms with Crippen LogP contribution < -0.4 is 11.1 Å². The average Bonchev–Trinajstić information content (AvgIpc) is 2.38. The summed E-state index contributed by atoms with van der Waals surface area (Å²) in [6.07, 6.45) is 3.76. The molecule has 0 amide bonds. The smallest absolute Gasteiger partial charge is 0.145 e. The van der Waals surface area contributed by atoms with E-state index >= 15 is 0 Å². The largest absolute Gasteiger partial charge is 0.366 e. The summed E-state index contributed by atoms with van der Waals surface area (Å²) in [4.78, 5) is 8.90. The van der Waals surface area contributed by atoms with E-state index in [9.17, 15) is 0 Å². The Kier molecular flexibility index (Phi) is 3.88. The van der Waals surface area contributed by atoms with Crippen molar-refractivity contribution in [2.75, 3.05) is 11.9 Å². The normalized spacial score (nSPS) is 12.6. The molecule has 0 saturated carbocycles. The maximum absolute atomic E-state index is 5.57. The number of hydrogen-bond donors (Lipinski definition) is 2. The van der Waals surface area contributed by atoms with Gasteiger partial charge in [0.25, 0.3) is 0 Å². The fraction of sp³-hybridized carbons (Fsp3) is 0.385. The third-order valence-electron chi connectivity index (χ3n) is 2.81. The zero-order chi connectivity index (χ0) is 12.1. The van der Waals surface area contributed by atoms with Gasteiger partial charge < -0.3 is 11.1 Å². The monoisotopic (exact) mass is 230 g/mol. The minimum Gasteiger partial charge on any atom is -0.366 e. The Morgan fingerprint density at radius 1 is 1.29 bits per heavy atom. The Balaban J connectivity index is 2.18. The maximum Gasteiger partial charge on any atom is 0.145 e. The van der Waals surface area contributed by atoms with Crippen LogP contribution in [0.2, 0.25) is 0 Å². The zero-order valence-electron chi connectivity index (χ0n) is 10.1. The lowest BCUT2D eigenvalue weighted by Crippen LogP contribution is -2.22. The Morgan fingerprint density at radius 3 is 2.76 bits per heavy atom. The molecular weight excluding hydrogens is 212 g/mol. The first-order chi connectivity index (χ1) is 8.33. The van der Waals surface area contributed by atoms with E-state index in [0.29, 0.717) is 12.6 Å². The molecule has 1 aromatic heterocycles. The number of rotatable bonds is 5. The van der Waals surface area contributed by atoms with E-state index in [1.54, 1.807) is 6.20 Å². The van der Waals surface area contributed by atoms with Gasteiger partial charge >= 0.3 is 0 Å². The standard InChI is InChI=1S/C13H18N4/c1-2-10(7-8-14)16-13-9-15-11-5-3-4-6-12(11)17-13/h3-6,9-10H,2,7-8,14H2,1H3,(H,16,17). The molecule has 0 bridgehead atoms. The van der Waals surface area contributed by atoms with Gasteiger partial charge in [-0.1, -0.05) is 19.1 Å². The SMILES string of the molecule is CCC(CCN)Nc1cnc2ccccc2n1. The molecule has 0 fully saturated rings. The molecule has 1 atom stereocenters. The van der Waals surface area contributed by atoms with Crippen molar-refractivity contribution >= 4 is 16.9 Å². The Hall–Kier alpha value is -1.68. The molecule has 0 aliphatic carbocycles. The molecule has 0 radical (unpaired) electrons. The first-order valence-corrected chi connectivity index (χ1v) is 6.02. The molecule has 90 valence electrons. The van der Waals surface area contributed by atoms with E-state index < -0.39 is 0 Å². The van der Waals surface area contributed by atoms with Crippen LogP contribution >= 0.6 is 0 Å². The molecule has 1 heterocycles. The van der Waals surface area contributed by atoms with E-state index in [2.05, 4.69) is 22.2 Å². The summed E-state index contributed by atoms with van der Waals surface area (Å²) in [5.41, 5.74) is 7.41. The predicted molar refractivity (Wildman–Crippen MR) is 70.9 cm³/mol. The first-order valence-electron chi connectivity index (χ1n) is 6.02. The maximum atomic E-state index is 5.57. The summed E-state index contributed by atoms with van der Waals surface area (Å²) in [6.45, 7) is 2.83. The lowest BCUT2D eigenvalue weighted by atomic mass is 10.1. The molecule has 3 N–H and O–H groups in total. The van der Waals surface area contributed by atoms with Crippen LogP contribution in [0.1, 0.15) is 19.8 Å². The summed E-state index contributed by atoms with van der Waals surface area (Å²) in [5, 5.41) is 3.37. The van der Waals surface area contributed by atoms with Gasteiger partial charge in [-0.05, 0) is 31.5 Å². The third kappa shape index (κ3) is 2.91. The van der Waals surface area contributed by atoms with E-state index in [0.717, 1.165) is 29.7 Å². The Morgan fingerprint density at radius 2 is 2.06 bits per heavy atom. The van der Waals surface area contributed by atoms with Gasteiger partial charge in [-0.3, -0.25) is 4.98 Å². The van der Waals surface area contributed by atoms with Crippen LogP contribution in [0.15, 0.2) is 30.5 Å². The van der Waals surface area contributed by atoms with Gasteiger partial charge in [-0.15, -0.1) is 0 Å². The summed E-state index contributed by atoms with van der Waals surface area (Å²) < 4.78 is 0. The van der Waals surface area contributed by atoms with Crippen LogP contribution in [-0.2, 0) is 0 Å². The number of benzene rings is 1. The van der Waals surface area contributed by atoms with Gasteiger partial charge in [0.05, 0.1) is 17.2 Å². The average molecular weight is 230 g/mol. The van der Waals surface area contributed by atoms with Crippen LogP contribution in [-0.4, -0.2) is 22.6 Å². The molecule has 0 saturated heterocycles. The fourth-order valence-electron chi connectivity index (χ4n) is 1.82. The summed E-state index contributed by atoms with van der Waals surface area (Å²) in [7, 11) is 0. The molecule has 0 spiro atoms. The second-order valence-electron chi connectivity index (χ2n) is 4.07. The second kappa shape index (κ2) is 5.59. The van der Waals surface area contributed by atoms with Crippen molar-refractivity contribution in [3.05, 3.63) is 30.5 Å². The molecule has 0 aliphatic heterocycles. The molecule has 4 nitrogen and oxygen atoms in total. The van der Waals surface area contributed by atoms with Crippen molar-refractivity contribution in [3.63, 3.8) is 0 Å². The van der Waals surface area contributed by atoms with Crippen LogP contribution in [0.25, 0.3) is 11.0 Å². The Labute approximate surface area is 101 Å². The molecule has 4 heteroatoms. The fourth-order valence-corrected chi connectivity index (χ4v) is 1.82. The minimum atomic E-state index is 0.371. The number of nitrogens with two attached hydrogens (primary N) is 1. The van der Waals surface area contributed by atoms with Crippen molar-refractivity contribution in [1.82, 2.24) is 9.97 Å². The number of nitrogens with one attached hydrogen (secondary N) is 1. The van der Waals surface area contributed by atoms with Crippen LogP contribution in [0.5, 0.6) is 0 Å². The van der Waals surface area contributed by atoms with Gasteiger partial charge in [0, 0.05) is 6.04 Å². The number of hydrogen-bond acceptors (Lipinski definition) is 4. The summed E-state index contributed by atoms with van der Waals surface area (Å²) in [5.74, 6) is 0.823. The molecule has 0 aliphatic rings. The number of aromatic nitrogens is 2. The van der Waals surface area contributed by atoms with Gasteiger partial charge in [0.2, 0.25) is 0 Å². The zero-order valence-corrected chi connectivity index (χ0v) is 10.1. The topological polar surface area (TPSA) is 63.8 Å². The summed E-state index contributed by atoms with van der Waals surface area (Å²) in [6, 6.07) is 8.24. The quantitative estimate of drug-likeness (QED) is 0.826. The highest BCUT2D eigenvalue weighted by Crippen LogP contribution is 2.13. The van der Waals surface area contributed by atoms with Crippen LogP contribution in [0.3, 0.4) is 0 Å². The second-order valence-corrected chi connectivity index (χ2v) is 4.07. The molecule has 17 heavy (non-hydrogen) atoms. The van der Waals surface area contributed by atoms with E-state index in [1.165, 1.54) is 0 Å². The molecule has 2 rings (SSSR count). The lowest BCUT2D eigenvalue weighted by molar-refractivity contribution is 0.639. The Bertz CT molecular complexity index is 484. The molecule has 2 aromatic rings. The van der Waals surface area contributed by atoms with Crippen molar-refractivity contribution in [2.45, 2.75) is 25.8 Å². The van der Waals surface area contributed by atoms with Crippen LogP contribution in [0, 0.1) is 0 Å².